The molecule has 0 aliphatic heterocycles. The molecule has 0 aliphatic rings. The van der Waals surface area contributed by atoms with Gasteiger partial charge in [-0.25, -0.2) is 16.8 Å². The van der Waals surface area contributed by atoms with Crippen molar-refractivity contribution in [2.75, 3.05) is 22.3 Å². The number of benzene rings is 2. The van der Waals surface area contributed by atoms with Gasteiger partial charge in [-0.1, -0.05) is 0 Å². The number of rotatable bonds is 7. The predicted octanol–water partition coefficient (Wildman–Crippen LogP) is 2.67. The Kier molecular flexibility index (Phi) is 5.82. The molecule has 2 aromatic rings. The molecule has 0 saturated carbocycles. The summed E-state index contributed by atoms with van der Waals surface area (Å²) in [5, 5.41) is 0. The standard InChI is InChI=1S/C17H22N2O5S2/c1-13(2)24-16-9-11-17(12-10-16)26(22,23)18-14-5-7-15(8-6-14)19(3)25(4,20)21/h5-13,18H,1-4H3. The summed E-state index contributed by atoms with van der Waals surface area (Å²) >= 11 is 0. The summed E-state index contributed by atoms with van der Waals surface area (Å²) in [5.74, 6) is 0.590. The Balaban J connectivity index is 2.16. The van der Waals surface area contributed by atoms with Crippen LogP contribution in [0.15, 0.2) is 53.4 Å². The van der Waals surface area contributed by atoms with Crippen LogP contribution in [0.3, 0.4) is 0 Å². The largest absolute Gasteiger partial charge is 0.491 e. The van der Waals surface area contributed by atoms with Gasteiger partial charge in [0.1, 0.15) is 5.75 Å². The van der Waals surface area contributed by atoms with E-state index in [1.165, 1.54) is 43.4 Å². The molecule has 26 heavy (non-hydrogen) atoms. The highest BCUT2D eigenvalue weighted by Gasteiger charge is 2.16. The van der Waals surface area contributed by atoms with Crippen molar-refractivity contribution < 1.29 is 21.6 Å². The summed E-state index contributed by atoms with van der Waals surface area (Å²) in [7, 11) is -5.71. The molecule has 0 fully saturated rings. The first kappa shape index (κ1) is 20.1. The summed E-state index contributed by atoms with van der Waals surface area (Å²) in [5.41, 5.74) is 0.767. The number of nitrogens with one attached hydrogen (secondary N) is 1. The molecule has 9 heteroatoms. The lowest BCUT2D eigenvalue weighted by Gasteiger charge is -2.17. The van der Waals surface area contributed by atoms with E-state index in [0.717, 1.165) is 10.6 Å². The van der Waals surface area contributed by atoms with E-state index in [-0.39, 0.29) is 11.0 Å². The van der Waals surface area contributed by atoms with Crippen molar-refractivity contribution in [2.24, 2.45) is 0 Å². The SMILES string of the molecule is CC(C)Oc1ccc(S(=O)(=O)Nc2ccc(N(C)S(C)(=O)=O)cc2)cc1. The first-order chi connectivity index (χ1) is 12.0. The minimum atomic E-state index is -3.76. The molecule has 0 heterocycles. The van der Waals surface area contributed by atoms with E-state index in [9.17, 15) is 16.8 Å². The quantitative estimate of drug-likeness (QED) is 0.774. The molecule has 0 amide bonds. The van der Waals surface area contributed by atoms with E-state index in [1.54, 1.807) is 12.1 Å². The lowest BCUT2D eigenvalue weighted by atomic mass is 10.3. The molecule has 0 atom stereocenters. The number of sulfonamides is 2. The van der Waals surface area contributed by atoms with E-state index in [1.807, 2.05) is 13.8 Å². The van der Waals surface area contributed by atoms with Gasteiger partial charge >= 0.3 is 0 Å². The molecule has 0 radical (unpaired) electrons. The number of anilines is 2. The average Bonchev–Trinajstić information content (AvgIpc) is 2.53. The van der Waals surface area contributed by atoms with E-state index in [2.05, 4.69) is 4.72 Å². The molecule has 0 aliphatic carbocycles. The zero-order valence-corrected chi connectivity index (χ0v) is 16.6. The molecule has 0 spiro atoms. The van der Waals surface area contributed by atoms with Crippen LogP contribution in [0.25, 0.3) is 0 Å². The Bertz CT molecular complexity index is 951. The van der Waals surface area contributed by atoms with Crippen molar-refractivity contribution in [3.63, 3.8) is 0 Å². The van der Waals surface area contributed by atoms with Crippen molar-refractivity contribution in [3.8, 4) is 5.75 Å². The van der Waals surface area contributed by atoms with Crippen molar-refractivity contribution in [1.29, 1.82) is 0 Å². The van der Waals surface area contributed by atoms with Crippen LogP contribution in [-0.2, 0) is 20.0 Å². The second-order valence-corrected chi connectivity index (χ2v) is 9.72. The predicted molar refractivity (Wildman–Crippen MR) is 103 cm³/mol. The van der Waals surface area contributed by atoms with Gasteiger partial charge in [-0.15, -0.1) is 0 Å². The number of hydrogen-bond acceptors (Lipinski definition) is 5. The van der Waals surface area contributed by atoms with Gasteiger partial charge < -0.3 is 4.74 Å². The van der Waals surface area contributed by atoms with Crippen molar-refractivity contribution in [2.45, 2.75) is 24.8 Å². The number of nitrogens with zero attached hydrogens (tertiary/aromatic N) is 1. The third-order valence-electron chi connectivity index (χ3n) is 3.49. The Hall–Kier alpha value is -2.26. The van der Waals surface area contributed by atoms with Crippen molar-refractivity contribution in [3.05, 3.63) is 48.5 Å². The van der Waals surface area contributed by atoms with Crippen LogP contribution in [0, 0.1) is 0 Å². The Labute approximate surface area is 154 Å². The van der Waals surface area contributed by atoms with Crippen LogP contribution >= 0.6 is 0 Å². The normalized spacial score (nSPS) is 12.0. The average molecular weight is 399 g/mol. The summed E-state index contributed by atoms with van der Waals surface area (Å²) in [6.07, 6.45) is 1.09. The van der Waals surface area contributed by atoms with E-state index >= 15 is 0 Å². The smallest absolute Gasteiger partial charge is 0.261 e. The molecule has 0 bridgehead atoms. The Morgan fingerprint density at radius 2 is 1.46 bits per heavy atom. The maximum absolute atomic E-state index is 12.5. The fourth-order valence-electron chi connectivity index (χ4n) is 2.11. The van der Waals surface area contributed by atoms with Crippen molar-refractivity contribution in [1.82, 2.24) is 0 Å². The lowest BCUT2D eigenvalue weighted by Crippen LogP contribution is -2.24. The molecule has 0 aromatic heterocycles. The van der Waals surface area contributed by atoms with E-state index < -0.39 is 20.0 Å². The Morgan fingerprint density at radius 1 is 0.923 bits per heavy atom. The maximum atomic E-state index is 12.5. The monoisotopic (exact) mass is 398 g/mol. The van der Waals surface area contributed by atoms with Gasteiger partial charge in [0.15, 0.2) is 0 Å². The highest BCUT2D eigenvalue weighted by atomic mass is 32.2. The van der Waals surface area contributed by atoms with Gasteiger partial charge in [-0.3, -0.25) is 9.03 Å². The lowest BCUT2D eigenvalue weighted by molar-refractivity contribution is 0.242. The number of hydrogen-bond donors (Lipinski definition) is 1. The second-order valence-electron chi connectivity index (χ2n) is 6.02. The van der Waals surface area contributed by atoms with Crippen LogP contribution in [0.2, 0.25) is 0 Å². The minimum Gasteiger partial charge on any atom is -0.491 e. The van der Waals surface area contributed by atoms with Gasteiger partial charge in [0.25, 0.3) is 10.0 Å². The highest BCUT2D eigenvalue weighted by molar-refractivity contribution is 7.92. The van der Waals surface area contributed by atoms with Crippen LogP contribution in [0.4, 0.5) is 11.4 Å². The van der Waals surface area contributed by atoms with Gasteiger partial charge in [-0.05, 0) is 62.4 Å². The molecule has 2 rings (SSSR count). The van der Waals surface area contributed by atoms with Gasteiger partial charge in [0.05, 0.1) is 22.9 Å². The fraction of sp³-hybridized carbons (Fsp3) is 0.294. The zero-order chi connectivity index (χ0) is 19.5. The zero-order valence-electron chi connectivity index (χ0n) is 15.0. The molecular weight excluding hydrogens is 376 g/mol. The van der Waals surface area contributed by atoms with Gasteiger partial charge in [-0.2, -0.15) is 0 Å². The third-order valence-corrected chi connectivity index (χ3v) is 6.09. The summed E-state index contributed by atoms with van der Waals surface area (Å²) < 4.78 is 57.0. The number of ether oxygens (including phenoxy) is 1. The topological polar surface area (TPSA) is 92.8 Å². The summed E-state index contributed by atoms with van der Waals surface area (Å²) in [4.78, 5) is 0.103. The van der Waals surface area contributed by atoms with E-state index in [4.69, 9.17) is 4.74 Å². The molecule has 142 valence electrons. The molecule has 1 N–H and O–H groups in total. The summed E-state index contributed by atoms with van der Waals surface area (Å²) in [6.45, 7) is 3.77. The van der Waals surface area contributed by atoms with Crippen molar-refractivity contribution >= 4 is 31.4 Å². The van der Waals surface area contributed by atoms with Crippen LogP contribution in [0.1, 0.15) is 13.8 Å². The summed E-state index contributed by atoms with van der Waals surface area (Å²) in [6, 6.07) is 12.2. The minimum absolute atomic E-state index is 0.000775. The molecule has 0 saturated heterocycles. The first-order valence-corrected chi connectivity index (χ1v) is 11.2. The van der Waals surface area contributed by atoms with E-state index in [0.29, 0.717) is 17.1 Å². The third kappa shape index (κ3) is 5.12. The van der Waals surface area contributed by atoms with Crippen LogP contribution < -0.4 is 13.8 Å². The molecular formula is C17H22N2O5S2. The van der Waals surface area contributed by atoms with Gasteiger partial charge in [0.2, 0.25) is 10.0 Å². The molecule has 0 unspecified atom stereocenters. The Morgan fingerprint density at radius 3 is 1.92 bits per heavy atom. The first-order valence-electron chi connectivity index (χ1n) is 7.82. The van der Waals surface area contributed by atoms with Crippen LogP contribution in [0.5, 0.6) is 5.75 Å². The second kappa shape index (κ2) is 7.55. The highest BCUT2D eigenvalue weighted by Crippen LogP contribution is 2.22. The molecule has 7 nitrogen and oxygen atoms in total. The molecule has 2 aromatic carbocycles. The fourth-order valence-corrected chi connectivity index (χ4v) is 3.68. The van der Waals surface area contributed by atoms with Gasteiger partial charge in [0, 0.05) is 12.7 Å². The van der Waals surface area contributed by atoms with Crippen LogP contribution in [-0.4, -0.2) is 36.2 Å². The maximum Gasteiger partial charge on any atom is 0.261 e.